The van der Waals surface area contributed by atoms with Crippen LogP contribution in [-0.4, -0.2) is 31.9 Å². The lowest BCUT2D eigenvalue weighted by Crippen LogP contribution is -2.42. The Morgan fingerprint density at radius 3 is 1.88 bits per heavy atom. The molecule has 0 aromatic heterocycles. The van der Waals surface area contributed by atoms with Crippen molar-refractivity contribution in [2.45, 2.75) is 25.2 Å². The smallest absolute Gasteiger partial charge is 0.385 e. The minimum atomic E-state index is -5.59. The third-order valence-corrected chi connectivity index (χ3v) is 1.75. The second-order valence-electron chi connectivity index (χ2n) is 3.08. The summed E-state index contributed by atoms with van der Waals surface area (Å²) in [4.78, 5) is 10.8. The van der Waals surface area contributed by atoms with Gasteiger partial charge in [0, 0.05) is 20.1 Å². The molecule has 0 bridgehead atoms. The van der Waals surface area contributed by atoms with Gasteiger partial charge in [-0.15, -0.1) is 0 Å². The Morgan fingerprint density at radius 2 is 1.56 bits per heavy atom. The number of ether oxygens (including phenoxy) is 1. The normalized spacial score (nSPS) is 13.2. The summed E-state index contributed by atoms with van der Waals surface area (Å²) in [6.07, 6.45) is -12.2. The first-order valence-corrected chi connectivity index (χ1v) is 4.25. The van der Waals surface area contributed by atoms with Gasteiger partial charge in [0.25, 0.3) is 0 Å². The predicted molar refractivity (Wildman–Crippen MR) is 41.7 cm³/mol. The van der Waals surface area contributed by atoms with E-state index in [1.807, 2.05) is 0 Å². The predicted octanol–water partition coefficient (Wildman–Crippen LogP) is 2.72. The van der Waals surface area contributed by atoms with Crippen LogP contribution in [0.2, 0.25) is 0 Å². The molecule has 96 valence electrons. The number of carbonyl (C=O) groups is 1. The molecule has 0 fully saturated rings. The molecular weight excluding hydrogens is 242 g/mol. The largest absolute Gasteiger partial charge is 0.407 e. The van der Waals surface area contributed by atoms with E-state index in [0.29, 0.717) is 0 Å². The number of ketones is 1. The first kappa shape index (κ1) is 15.2. The molecule has 0 saturated heterocycles. The van der Waals surface area contributed by atoms with E-state index in [1.165, 1.54) is 7.11 Å². The maximum atomic E-state index is 12.0. The van der Waals surface area contributed by atoms with E-state index in [2.05, 4.69) is 4.74 Å². The van der Waals surface area contributed by atoms with Crippen LogP contribution in [0.5, 0.6) is 0 Å². The molecular formula is C8H10F6O2. The second-order valence-corrected chi connectivity index (χ2v) is 3.08. The summed E-state index contributed by atoms with van der Waals surface area (Å²) in [6, 6.07) is 0. The van der Waals surface area contributed by atoms with Gasteiger partial charge in [-0.2, -0.15) is 26.3 Å². The Hall–Kier alpha value is -0.790. The van der Waals surface area contributed by atoms with Gasteiger partial charge in [-0.3, -0.25) is 4.79 Å². The van der Waals surface area contributed by atoms with Gasteiger partial charge in [0.15, 0.2) is 5.78 Å². The van der Waals surface area contributed by atoms with Crippen molar-refractivity contribution in [3.8, 4) is 0 Å². The Kier molecular flexibility index (Phi) is 5.24. The quantitative estimate of drug-likeness (QED) is 0.555. The molecule has 16 heavy (non-hydrogen) atoms. The Balaban J connectivity index is 4.61. The van der Waals surface area contributed by atoms with Crippen molar-refractivity contribution in [2.24, 2.45) is 5.92 Å². The lowest BCUT2D eigenvalue weighted by atomic mass is 9.99. The highest BCUT2D eigenvalue weighted by Crippen LogP contribution is 2.40. The molecule has 0 radical (unpaired) electrons. The monoisotopic (exact) mass is 252 g/mol. The molecule has 0 unspecified atom stereocenters. The lowest BCUT2D eigenvalue weighted by molar-refractivity contribution is -0.273. The topological polar surface area (TPSA) is 26.3 Å². The van der Waals surface area contributed by atoms with E-state index in [9.17, 15) is 31.1 Å². The van der Waals surface area contributed by atoms with Crippen LogP contribution in [0.4, 0.5) is 26.3 Å². The van der Waals surface area contributed by atoms with Crippen LogP contribution in [0.25, 0.3) is 0 Å². The van der Waals surface area contributed by atoms with E-state index in [1.54, 1.807) is 0 Å². The van der Waals surface area contributed by atoms with Gasteiger partial charge in [0.05, 0.1) is 0 Å². The molecule has 0 rings (SSSR count). The van der Waals surface area contributed by atoms with E-state index in [0.717, 1.165) is 0 Å². The van der Waals surface area contributed by atoms with Crippen LogP contribution >= 0.6 is 0 Å². The molecule has 2 nitrogen and oxygen atoms in total. The van der Waals surface area contributed by atoms with Gasteiger partial charge in [0.1, 0.15) is 0 Å². The van der Waals surface area contributed by atoms with E-state index < -0.39 is 30.5 Å². The van der Waals surface area contributed by atoms with Gasteiger partial charge in [-0.05, 0) is 6.42 Å². The van der Waals surface area contributed by atoms with Crippen molar-refractivity contribution >= 4 is 5.78 Å². The molecule has 0 aliphatic rings. The fraction of sp³-hybridized carbons (Fsp3) is 0.875. The molecule has 8 heteroatoms. The summed E-state index contributed by atoms with van der Waals surface area (Å²) in [5, 5.41) is 0. The molecule has 0 saturated carbocycles. The standard InChI is InChI=1S/C8H10F6O2/c1-16-4-2-3-5(15)6(7(9,10)11)8(12,13)14/h6H,2-4H2,1H3. The number of Topliss-reactive ketones (excluding diaryl/α,β-unsaturated/α-hetero) is 1. The number of hydrogen-bond donors (Lipinski definition) is 0. The minimum absolute atomic E-state index is 0.0613. The van der Waals surface area contributed by atoms with Crippen molar-refractivity contribution in [2.75, 3.05) is 13.7 Å². The second kappa shape index (κ2) is 5.51. The third kappa shape index (κ3) is 4.82. The van der Waals surface area contributed by atoms with Crippen molar-refractivity contribution in [3.05, 3.63) is 0 Å². The number of alkyl halides is 6. The zero-order valence-corrected chi connectivity index (χ0v) is 8.28. The maximum Gasteiger partial charge on any atom is 0.407 e. The fourth-order valence-corrected chi connectivity index (χ4v) is 1.09. The van der Waals surface area contributed by atoms with E-state index in [-0.39, 0.29) is 13.0 Å². The van der Waals surface area contributed by atoms with Crippen molar-refractivity contribution in [1.29, 1.82) is 0 Å². The van der Waals surface area contributed by atoms with Crippen molar-refractivity contribution < 1.29 is 35.9 Å². The molecule has 0 spiro atoms. The Bertz CT molecular complexity index is 218. The molecule has 0 aromatic rings. The average molecular weight is 252 g/mol. The van der Waals surface area contributed by atoms with E-state index in [4.69, 9.17) is 0 Å². The molecule has 0 aromatic carbocycles. The van der Waals surface area contributed by atoms with Crippen molar-refractivity contribution in [3.63, 3.8) is 0 Å². The number of hydrogen-bond acceptors (Lipinski definition) is 2. The Morgan fingerprint density at radius 1 is 1.12 bits per heavy atom. The zero-order chi connectivity index (χ0) is 13.0. The summed E-state index contributed by atoms with van der Waals surface area (Å²) < 4.78 is 76.4. The highest BCUT2D eigenvalue weighted by Gasteiger charge is 2.60. The van der Waals surface area contributed by atoms with Gasteiger partial charge in [0.2, 0.25) is 5.92 Å². The van der Waals surface area contributed by atoms with Gasteiger partial charge in [-0.25, -0.2) is 0 Å². The first-order chi connectivity index (χ1) is 7.10. The van der Waals surface area contributed by atoms with Gasteiger partial charge < -0.3 is 4.74 Å². The molecule has 0 aliphatic heterocycles. The molecule has 0 amide bonds. The maximum absolute atomic E-state index is 12.0. The molecule has 0 aliphatic carbocycles. The van der Waals surface area contributed by atoms with Crippen LogP contribution in [0, 0.1) is 5.92 Å². The van der Waals surface area contributed by atoms with Crippen molar-refractivity contribution in [1.82, 2.24) is 0 Å². The zero-order valence-electron chi connectivity index (χ0n) is 8.28. The van der Waals surface area contributed by atoms with E-state index >= 15 is 0 Å². The summed E-state index contributed by atoms with van der Waals surface area (Å²) in [6.45, 7) is -0.0613. The van der Waals surface area contributed by atoms with Gasteiger partial charge >= 0.3 is 12.4 Å². The lowest BCUT2D eigenvalue weighted by Gasteiger charge is -2.21. The number of rotatable bonds is 5. The van der Waals surface area contributed by atoms with Crippen LogP contribution < -0.4 is 0 Å². The number of halogens is 6. The SMILES string of the molecule is COCCCC(=O)C(C(F)(F)F)C(F)(F)F. The molecule has 0 N–H and O–H groups in total. The van der Waals surface area contributed by atoms with Crippen LogP contribution in [0.15, 0.2) is 0 Å². The molecule has 0 atom stereocenters. The number of methoxy groups -OCH3 is 1. The summed E-state index contributed by atoms with van der Waals surface area (Å²) >= 11 is 0. The summed E-state index contributed by atoms with van der Waals surface area (Å²) in [7, 11) is 1.23. The summed E-state index contributed by atoms with van der Waals surface area (Å²) in [5.74, 6) is -5.77. The minimum Gasteiger partial charge on any atom is -0.385 e. The first-order valence-electron chi connectivity index (χ1n) is 4.25. The fourth-order valence-electron chi connectivity index (χ4n) is 1.09. The molecule has 0 heterocycles. The third-order valence-electron chi connectivity index (χ3n) is 1.75. The van der Waals surface area contributed by atoms with Crippen LogP contribution in [-0.2, 0) is 9.53 Å². The highest BCUT2D eigenvalue weighted by molar-refractivity contribution is 5.82. The average Bonchev–Trinajstić information content (AvgIpc) is 1.98. The number of carbonyl (C=O) groups excluding carboxylic acids is 1. The van der Waals surface area contributed by atoms with Crippen LogP contribution in [0.1, 0.15) is 12.8 Å². The highest BCUT2D eigenvalue weighted by atomic mass is 19.4. The van der Waals surface area contributed by atoms with Gasteiger partial charge in [-0.1, -0.05) is 0 Å². The Labute approximate surface area is 87.6 Å². The summed E-state index contributed by atoms with van der Waals surface area (Å²) in [5.41, 5.74) is 0. The van der Waals surface area contributed by atoms with Crippen LogP contribution in [0.3, 0.4) is 0 Å².